The van der Waals surface area contributed by atoms with Crippen LogP contribution in [0.4, 0.5) is 0 Å². The van der Waals surface area contributed by atoms with Crippen molar-refractivity contribution in [2.24, 2.45) is 0 Å². The first kappa shape index (κ1) is 47.9. The molecule has 9 heteroatoms. The zero-order valence-electron chi connectivity index (χ0n) is 40.7. The zero-order valence-corrected chi connectivity index (χ0v) is 44.1. The third-order valence-corrected chi connectivity index (χ3v) is 14.7. The monoisotopic (exact) mass is 1090 g/mol. The van der Waals surface area contributed by atoms with Gasteiger partial charge in [0.1, 0.15) is 11.8 Å². The molecular weight excluding hydrogens is 1030 g/mol. The Kier molecular flexibility index (Phi) is 13.3. The molecule has 0 bridgehead atoms. The number of aromatic nitrogens is 5. The van der Waals surface area contributed by atoms with E-state index in [0.717, 1.165) is 55.8 Å². The Hall–Kier alpha value is -6.56. The summed E-state index contributed by atoms with van der Waals surface area (Å²) >= 11 is 0. The third-order valence-electron chi connectivity index (χ3n) is 12.7. The Morgan fingerprint density at radius 1 is 0.750 bits per heavy atom. The van der Waals surface area contributed by atoms with Gasteiger partial charge in [-0.1, -0.05) is 128 Å². The molecule has 5 aromatic heterocycles. The Morgan fingerprint density at radius 3 is 2.12 bits per heavy atom. The average molecular weight is 1090 g/mol. The number of aryl methyl sites for hydroxylation is 1. The Labute approximate surface area is 414 Å². The number of benzene rings is 5. The number of nitrogens with zero attached hydrogens (tertiary/aromatic N) is 6. The van der Waals surface area contributed by atoms with Crippen LogP contribution in [0.5, 0.6) is 0 Å². The van der Waals surface area contributed by atoms with Crippen LogP contribution in [0.1, 0.15) is 88.4 Å². The summed E-state index contributed by atoms with van der Waals surface area (Å²) in [5, 5.41) is 15.1. The Morgan fingerprint density at radius 2 is 1.49 bits per heavy atom. The van der Waals surface area contributed by atoms with Gasteiger partial charge in [-0.2, -0.15) is 5.26 Å². The van der Waals surface area contributed by atoms with Gasteiger partial charge >= 0.3 is 0 Å². The van der Waals surface area contributed by atoms with E-state index in [2.05, 4.69) is 186 Å². The van der Waals surface area contributed by atoms with Crippen molar-refractivity contribution in [2.45, 2.75) is 92.3 Å². The van der Waals surface area contributed by atoms with E-state index in [1.54, 1.807) is 6.07 Å². The van der Waals surface area contributed by atoms with E-state index >= 15 is 0 Å². The number of fused-ring (bicyclic) bond motifs is 5. The quantitative estimate of drug-likeness (QED) is 0.117. The van der Waals surface area contributed by atoms with Gasteiger partial charge in [-0.05, 0) is 104 Å². The molecule has 343 valence electrons. The van der Waals surface area contributed by atoms with Crippen LogP contribution in [0.15, 0.2) is 132 Å². The summed E-state index contributed by atoms with van der Waals surface area (Å²) in [4.78, 5) is 19.0. The Bertz CT molecular complexity index is 3430. The molecule has 0 aliphatic heterocycles. The second-order valence-electron chi connectivity index (χ2n) is 20.2. The molecule has 0 N–H and O–H groups in total. The molecule has 5 heterocycles. The largest absolute Gasteiger partial charge is 0.486 e. The smallest absolute Gasteiger partial charge is 0.217 e. The number of hydrogen-bond acceptors (Lipinski definition) is 6. The summed E-state index contributed by atoms with van der Waals surface area (Å²) in [6, 6.07) is 49.1. The second-order valence-corrected chi connectivity index (χ2v) is 25.3. The first-order valence-corrected chi connectivity index (χ1v) is 26.6. The molecule has 10 aromatic rings. The van der Waals surface area contributed by atoms with E-state index in [1.807, 2.05) is 43.6 Å². The number of nitriles is 1. The van der Waals surface area contributed by atoms with Gasteiger partial charge in [-0.15, -0.1) is 53.6 Å². The van der Waals surface area contributed by atoms with Gasteiger partial charge in [0, 0.05) is 43.6 Å². The van der Waals surface area contributed by atoms with Crippen LogP contribution in [-0.2, 0) is 25.5 Å². The molecule has 0 spiro atoms. The van der Waals surface area contributed by atoms with Crippen molar-refractivity contribution in [3.05, 3.63) is 168 Å². The maximum atomic E-state index is 9.47. The fourth-order valence-electron chi connectivity index (χ4n) is 8.82. The fourth-order valence-corrected chi connectivity index (χ4v) is 9.85. The van der Waals surface area contributed by atoms with Gasteiger partial charge in [-0.3, -0.25) is 9.97 Å². The maximum absolute atomic E-state index is 9.47. The molecule has 0 saturated carbocycles. The number of rotatable bonds is 7. The van der Waals surface area contributed by atoms with Crippen LogP contribution in [0, 0.1) is 30.4 Å². The third kappa shape index (κ3) is 9.21. The molecule has 10 rings (SSSR count). The fraction of sp³-hybridized carbons (Fsp3) is 0.237. The van der Waals surface area contributed by atoms with Crippen LogP contribution in [0.25, 0.3) is 83.3 Å². The minimum atomic E-state index is -1.26. The Balaban J connectivity index is 0.000000251. The number of pyridine rings is 3. The van der Waals surface area contributed by atoms with Gasteiger partial charge in [0.25, 0.3) is 0 Å². The van der Waals surface area contributed by atoms with Crippen molar-refractivity contribution in [2.75, 3.05) is 0 Å². The van der Waals surface area contributed by atoms with Crippen molar-refractivity contribution in [1.82, 2.24) is 24.5 Å². The van der Waals surface area contributed by atoms with E-state index in [0.29, 0.717) is 17.0 Å². The summed E-state index contributed by atoms with van der Waals surface area (Å²) in [6.45, 7) is 24.7. The first-order chi connectivity index (χ1) is 32.0. The van der Waals surface area contributed by atoms with Crippen molar-refractivity contribution in [1.29, 1.82) is 5.26 Å². The van der Waals surface area contributed by atoms with Crippen LogP contribution in [-0.4, -0.2) is 32.6 Å². The molecule has 0 fully saturated rings. The summed E-state index contributed by atoms with van der Waals surface area (Å²) in [7, 11) is -1.26. The molecule has 0 unspecified atom stereocenters. The van der Waals surface area contributed by atoms with E-state index in [-0.39, 0.29) is 37.4 Å². The minimum Gasteiger partial charge on any atom is -0.486 e. The molecule has 0 amide bonds. The SMILES string of the molecule is CC(C)(C)c1c[c-]c(-c2ccc([Si](C)(C)C)cn2)cc1.Cc1nccc2nc(-c3[c-]ccc4c3oc3nc(C#N)ccc34)n(-c3c(C(C)C)cc(-c4ccc5ccccc5c4)cc3C(C)C)c12.[Ir]. The number of furan rings is 1. The van der Waals surface area contributed by atoms with E-state index in [4.69, 9.17) is 14.4 Å². The minimum absolute atomic E-state index is 0. The van der Waals surface area contributed by atoms with Crippen molar-refractivity contribution in [3.63, 3.8) is 0 Å². The van der Waals surface area contributed by atoms with Crippen LogP contribution >= 0.6 is 0 Å². The van der Waals surface area contributed by atoms with Crippen LogP contribution in [0.3, 0.4) is 0 Å². The first-order valence-electron chi connectivity index (χ1n) is 23.1. The topological polar surface area (TPSA) is 93.4 Å². The van der Waals surface area contributed by atoms with E-state index < -0.39 is 8.07 Å². The molecular formula is C59H56IrN6OSi-2. The molecule has 0 aliphatic rings. The van der Waals surface area contributed by atoms with Gasteiger partial charge in [0.2, 0.25) is 5.71 Å². The molecule has 68 heavy (non-hydrogen) atoms. The second kappa shape index (κ2) is 18.8. The molecule has 1 radical (unpaired) electrons. The van der Waals surface area contributed by atoms with Crippen molar-refractivity contribution < 1.29 is 24.5 Å². The molecule has 7 nitrogen and oxygen atoms in total. The van der Waals surface area contributed by atoms with E-state index in [9.17, 15) is 5.26 Å². The van der Waals surface area contributed by atoms with Gasteiger partial charge in [0.05, 0.1) is 36.2 Å². The van der Waals surface area contributed by atoms with Crippen molar-refractivity contribution in [3.8, 4) is 45.5 Å². The predicted molar refractivity (Wildman–Crippen MR) is 279 cm³/mol. The van der Waals surface area contributed by atoms with Gasteiger partial charge in [0.15, 0.2) is 0 Å². The van der Waals surface area contributed by atoms with E-state index in [1.165, 1.54) is 43.8 Å². The number of hydrogen-bond donors (Lipinski definition) is 0. The van der Waals surface area contributed by atoms with Crippen molar-refractivity contribution >= 4 is 57.1 Å². The molecule has 5 aromatic carbocycles. The normalized spacial score (nSPS) is 11.9. The predicted octanol–water partition coefficient (Wildman–Crippen LogP) is 14.8. The summed E-state index contributed by atoms with van der Waals surface area (Å²) in [5.74, 6) is 1.15. The summed E-state index contributed by atoms with van der Waals surface area (Å²) in [5.41, 5.74) is 14.3. The van der Waals surface area contributed by atoms with Gasteiger partial charge < -0.3 is 14.0 Å². The zero-order chi connectivity index (χ0) is 47.4. The number of imidazole rings is 1. The summed E-state index contributed by atoms with van der Waals surface area (Å²) < 4.78 is 8.68. The average Bonchev–Trinajstić information content (AvgIpc) is 3.90. The van der Waals surface area contributed by atoms with Crippen LogP contribution in [0.2, 0.25) is 19.6 Å². The molecule has 0 aliphatic carbocycles. The summed E-state index contributed by atoms with van der Waals surface area (Å²) in [6.07, 6.45) is 3.85. The van der Waals surface area contributed by atoms with Gasteiger partial charge in [-0.25, -0.2) is 4.98 Å². The molecule has 0 atom stereocenters. The maximum Gasteiger partial charge on any atom is 0.217 e. The molecule has 0 saturated heterocycles. The standard InChI is InChI=1S/C41H32N5O.C18H24NSi.Ir/c1-23(2)34-20-29(28-14-13-26-9-6-7-10-27(26)19-28)21-35(24(3)4)38(34)46-37-25(5)43-18-17-36(37)45-40(46)33-12-8-11-31-32-16-15-30(22-42)44-41(32)47-39(31)33;1-18(2,3)15-9-7-14(8-10-15)17-12-11-16(13-19-17)20(4,5)6;/h6-11,13-21,23-24H,1-5H3;7,9-13H,1-6H3;/q2*-1;. The van der Waals surface area contributed by atoms with Crippen LogP contribution < -0.4 is 5.19 Å².